The second-order valence-electron chi connectivity index (χ2n) is 11.9. The van der Waals surface area contributed by atoms with E-state index in [1.54, 1.807) is 6.07 Å². The van der Waals surface area contributed by atoms with Crippen LogP contribution in [0, 0.1) is 28.1 Å². The van der Waals surface area contributed by atoms with E-state index in [-0.39, 0.29) is 40.5 Å². The minimum atomic E-state index is -0.630. The Morgan fingerprint density at radius 1 is 1.03 bits per heavy atom. The van der Waals surface area contributed by atoms with Gasteiger partial charge in [-0.05, 0) is 31.6 Å². The monoisotopic (exact) mass is 430 g/mol. The summed E-state index contributed by atoms with van der Waals surface area (Å²) in [5.41, 5.74) is -0.933. The van der Waals surface area contributed by atoms with E-state index in [9.17, 15) is 14.4 Å². The number of hydrogen-bond acceptors (Lipinski definition) is 5. The lowest BCUT2D eigenvalue weighted by molar-refractivity contribution is -0.139. The van der Waals surface area contributed by atoms with Gasteiger partial charge in [0.25, 0.3) is 0 Å². The van der Waals surface area contributed by atoms with Crippen molar-refractivity contribution in [3.63, 3.8) is 0 Å². The lowest BCUT2D eigenvalue weighted by atomic mass is 9.79. The predicted octanol–water partition coefficient (Wildman–Crippen LogP) is 4.72. The van der Waals surface area contributed by atoms with E-state index in [1.807, 2.05) is 53.4 Å². The van der Waals surface area contributed by atoms with Crippen LogP contribution in [-0.4, -0.2) is 40.6 Å². The van der Waals surface area contributed by atoms with Crippen molar-refractivity contribution >= 4 is 17.5 Å². The van der Waals surface area contributed by atoms with Crippen LogP contribution in [0.4, 0.5) is 0 Å². The van der Waals surface area contributed by atoms with Crippen molar-refractivity contribution in [2.24, 2.45) is 28.1 Å². The fourth-order valence-electron chi connectivity index (χ4n) is 4.81. The Hall–Kier alpha value is -1.98. The van der Waals surface area contributed by atoms with Crippen LogP contribution in [0.25, 0.3) is 0 Å². The van der Waals surface area contributed by atoms with E-state index < -0.39 is 10.8 Å². The molecule has 3 rings (SSSR count). The summed E-state index contributed by atoms with van der Waals surface area (Å²) in [5, 5.41) is 4.09. The highest BCUT2D eigenvalue weighted by molar-refractivity contribution is 5.98. The third-order valence-electron chi connectivity index (χ3n) is 6.76. The van der Waals surface area contributed by atoms with Crippen molar-refractivity contribution in [3.8, 4) is 0 Å². The average Bonchev–Trinajstić information content (AvgIpc) is 3.06. The number of amides is 1. The highest BCUT2D eigenvalue weighted by Crippen LogP contribution is 2.50. The van der Waals surface area contributed by atoms with Gasteiger partial charge in [-0.15, -0.1) is 0 Å². The van der Waals surface area contributed by atoms with Gasteiger partial charge >= 0.3 is 0 Å². The molecule has 1 aromatic heterocycles. The Labute approximate surface area is 186 Å². The Morgan fingerprint density at radius 3 is 2.23 bits per heavy atom. The standard InChI is InChI=1S/C25H38N2O4/c1-23(2,3)20(28)18-12-16(18)14-24(4,5)21(29)19-13-17(26-31-19)15-25(6,7)22(30)27-10-8-9-11-27/h13,16,18H,8-12,14-15H2,1-7H3. The van der Waals surface area contributed by atoms with Crippen molar-refractivity contribution in [2.75, 3.05) is 13.1 Å². The van der Waals surface area contributed by atoms with Crippen LogP contribution in [0.15, 0.2) is 10.6 Å². The molecule has 0 spiro atoms. The highest BCUT2D eigenvalue weighted by Gasteiger charge is 2.49. The molecule has 1 aliphatic carbocycles. The van der Waals surface area contributed by atoms with E-state index in [4.69, 9.17) is 4.52 Å². The second kappa shape index (κ2) is 8.18. The number of likely N-dealkylation sites (tertiary alicyclic amines) is 1. The number of aromatic nitrogens is 1. The fraction of sp³-hybridized carbons (Fsp3) is 0.760. The van der Waals surface area contributed by atoms with Crippen LogP contribution < -0.4 is 0 Å². The molecule has 2 atom stereocenters. The number of nitrogens with zero attached hydrogens (tertiary/aromatic N) is 2. The molecule has 1 amide bonds. The normalized spacial score (nSPS) is 22.0. The minimum absolute atomic E-state index is 0.0646. The number of Topliss-reactive ketones (excluding diaryl/α,β-unsaturated/α-hetero) is 2. The first-order chi connectivity index (χ1) is 14.2. The smallest absolute Gasteiger partial charge is 0.228 e. The highest BCUT2D eigenvalue weighted by atomic mass is 16.5. The molecule has 2 fully saturated rings. The van der Waals surface area contributed by atoms with Crippen LogP contribution in [-0.2, 0) is 16.0 Å². The van der Waals surface area contributed by atoms with Gasteiger partial charge in [0.05, 0.1) is 5.69 Å². The fourth-order valence-corrected chi connectivity index (χ4v) is 4.81. The van der Waals surface area contributed by atoms with Crippen LogP contribution in [0.2, 0.25) is 0 Å². The SMILES string of the molecule is CC(C)(C)C(=O)C1CC1CC(C)(C)C(=O)c1cc(CC(C)(C)C(=O)N2CCCC2)no1. The number of ketones is 2. The molecule has 1 aliphatic heterocycles. The number of carbonyl (C=O) groups is 3. The summed E-state index contributed by atoms with van der Waals surface area (Å²) in [6.07, 6.45) is 4.07. The van der Waals surface area contributed by atoms with Gasteiger partial charge in [-0.25, -0.2) is 0 Å². The summed E-state index contributed by atoms with van der Waals surface area (Å²) in [6, 6.07) is 1.69. The minimum Gasteiger partial charge on any atom is -0.353 e. The molecule has 6 heteroatoms. The molecule has 0 radical (unpaired) electrons. The van der Waals surface area contributed by atoms with Crippen molar-refractivity contribution in [2.45, 2.75) is 80.6 Å². The molecule has 31 heavy (non-hydrogen) atoms. The summed E-state index contributed by atoms with van der Waals surface area (Å²) in [4.78, 5) is 40.4. The molecule has 0 bridgehead atoms. The zero-order chi connectivity index (χ0) is 23.2. The molecular formula is C25H38N2O4. The van der Waals surface area contributed by atoms with E-state index in [1.165, 1.54) is 0 Å². The van der Waals surface area contributed by atoms with E-state index >= 15 is 0 Å². The topological polar surface area (TPSA) is 80.5 Å². The summed E-state index contributed by atoms with van der Waals surface area (Å²) in [6.45, 7) is 15.2. The summed E-state index contributed by atoms with van der Waals surface area (Å²) >= 11 is 0. The number of hydrogen-bond donors (Lipinski definition) is 0. The third-order valence-corrected chi connectivity index (χ3v) is 6.76. The predicted molar refractivity (Wildman–Crippen MR) is 119 cm³/mol. The van der Waals surface area contributed by atoms with Gasteiger partial charge in [0.15, 0.2) is 0 Å². The van der Waals surface area contributed by atoms with E-state index in [0.717, 1.165) is 32.4 Å². The Morgan fingerprint density at radius 2 is 1.65 bits per heavy atom. The van der Waals surface area contributed by atoms with Crippen LogP contribution in [0.5, 0.6) is 0 Å². The van der Waals surface area contributed by atoms with Gasteiger partial charge in [0, 0.05) is 47.7 Å². The van der Waals surface area contributed by atoms with Gasteiger partial charge < -0.3 is 9.42 Å². The summed E-state index contributed by atoms with van der Waals surface area (Å²) < 4.78 is 5.40. The summed E-state index contributed by atoms with van der Waals surface area (Å²) in [7, 11) is 0. The zero-order valence-corrected chi connectivity index (χ0v) is 20.2. The van der Waals surface area contributed by atoms with Gasteiger partial charge in [-0.1, -0.05) is 53.6 Å². The molecule has 2 unspecified atom stereocenters. The zero-order valence-electron chi connectivity index (χ0n) is 20.2. The lowest BCUT2D eigenvalue weighted by Crippen LogP contribution is -2.40. The molecule has 2 aliphatic rings. The van der Waals surface area contributed by atoms with E-state index in [0.29, 0.717) is 18.5 Å². The first-order valence-electron chi connectivity index (χ1n) is 11.6. The van der Waals surface area contributed by atoms with Crippen LogP contribution in [0.3, 0.4) is 0 Å². The lowest BCUT2D eigenvalue weighted by Gasteiger charge is -2.28. The van der Waals surface area contributed by atoms with Gasteiger partial charge in [-0.3, -0.25) is 14.4 Å². The molecule has 6 nitrogen and oxygen atoms in total. The molecule has 2 heterocycles. The van der Waals surface area contributed by atoms with Crippen LogP contribution >= 0.6 is 0 Å². The van der Waals surface area contributed by atoms with Crippen LogP contribution in [0.1, 0.15) is 90.4 Å². The maximum atomic E-state index is 13.1. The van der Waals surface area contributed by atoms with Gasteiger partial charge in [-0.2, -0.15) is 0 Å². The second-order valence-corrected chi connectivity index (χ2v) is 11.9. The Kier molecular flexibility index (Phi) is 6.25. The molecule has 0 aromatic carbocycles. The van der Waals surface area contributed by atoms with Crippen molar-refractivity contribution in [1.29, 1.82) is 0 Å². The molecule has 1 saturated carbocycles. The maximum absolute atomic E-state index is 13.1. The Bertz CT molecular complexity index is 853. The largest absolute Gasteiger partial charge is 0.353 e. The summed E-state index contributed by atoms with van der Waals surface area (Å²) in [5.74, 6) is 0.879. The Balaban J connectivity index is 1.61. The number of rotatable bonds is 8. The average molecular weight is 431 g/mol. The van der Waals surface area contributed by atoms with E-state index in [2.05, 4.69) is 5.16 Å². The van der Waals surface area contributed by atoms with Crippen molar-refractivity contribution in [1.82, 2.24) is 10.1 Å². The molecule has 1 aromatic rings. The van der Waals surface area contributed by atoms with Crippen molar-refractivity contribution < 1.29 is 18.9 Å². The molecular weight excluding hydrogens is 392 g/mol. The van der Waals surface area contributed by atoms with Gasteiger partial charge in [0.1, 0.15) is 5.78 Å². The number of carbonyl (C=O) groups excluding carboxylic acids is 3. The molecule has 0 N–H and O–H groups in total. The first-order valence-corrected chi connectivity index (χ1v) is 11.6. The molecule has 1 saturated heterocycles. The third kappa shape index (κ3) is 5.27. The first kappa shape index (κ1) is 23.7. The van der Waals surface area contributed by atoms with Gasteiger partial charge in [0.2, 0.25) is 17.5 Å². The molecule has 172 valence electrons. The van der Waals surface area contributed by atoms with Crippen molar-refractivity contribution in [3.05, 3.63) is 17.5 Å². The quantitative estimate of drug-likeness (QED) is 0.558. The maximum Gasteiger partial charge on any atom is 0.228 e.